The topological polar surface area (TPSA) is 84.3 Å². The highest BCUT2D eigenvalue weighted by Gasteiger charge is 2.20. The van der Waals surface area contributed by atoms with Gasteiger partial charge in [-0.15, -0.1) is 5.10 Å². The number of ether oxygens (including phenoxy) is 1. The van der Waals surface area contributed by atoms with Gasteiger partial charge < -0.3 is 10.1 Å². The lowest BCUT2D eigenvalue weighted by Gasteiger charge is -2.13. The highest BCUT2D eigenvalue weighted by molar-refractivity contribution is 8.00. The molecule has 7 nitrogen and oxygen atoms in total. The SMILES string of the molecule is COc1ccc(Cl)cc1NC(=O)[C@@H](C)Sc1n[nH]c2nc3ccccc3n12. The predicted octanol–water partition coefficient (Wildman–Crippen LogP) is 3.99. The standard InChI is InChI=1S/C18H16ClN5O2S/c1-10(16(25)20-13-9-11(19)7-8-15(13)26-2)27-18-23-22-17-21-12-5-3-4-6-14(12)24(17)18/h3-10H,1-2H3,(H,20,25)(H,21,22)/t10-/m1/s1. The highest BCUT2D eigenvalue weighted by Crippen LogP contribution is 2.30. The number of methoxy groups -OCH3 is 1. The molecule has 27 heavy (non-hydrogen) atoms. The molecule has 0 radical (unpaired) electrons. The average molecular weight is 402 g/mol. The molecule has 0 saturated carbocycles. The Balaban J connectivity index is 1.57. The quantitative estimate of drug-likeness (QED) is 0.494. The van der Waals surface area contributed by atoms with E-state index in [2.05, 4.69) is 20.5 Å². The first-order valence-electron chi connectivity index (χ1n) is 8.19. The van der Waals surface area contributed by atoms with E-state index in [9.17, 15) is 4.79 Å². The normalized spacial score (nSPS) is 12.4. The van der Waals surface area contributed by atoms with E-state index in [0.717, 1.165) is 11.0 Å². The Morgan fingerprint density at radius 2 is 2.15 bits per heavy atom. The molecular weight excluding hydrogens is 386 g/mol. The van der Waals surface area contributed by atoms with Gasteiger partial charge in [-0.1, -0.05) is 35.5 Å². The van der Waals surface area contributed by atoms with E-state index in [1.54, 1.807) is 25.3 Å². The fourth-order valence-electron chi connectivity index (χ4n) is 2.75. The molecule has 2 heterocycles. The summed E-state index contributed by atoms with van der Waals surface area (Å²) in [7, 11) is 1.54. The summed E-state index contributed by atoms with van der Waals surface area (Å²) < 4.78 is 7.18. The molecule has 0 fully saturated rings. The van der Waals surface area contributed by atoms with Crippen LogP contribution in [0.25, 0.3) is 16.8 Å². The number of carbonyl (C=O) groups excluding carboxylic acids is 1. The molecule has 0 saturated heterocycles. The lowest BCUT2D eigenvalue weighted by atomic mass is 10.3. The van der Waals surface area contributed by atoms with Crippen molar-refractivity contribution in [1.29, 1.82) is 0 Å². The Morgan fingerprint density at radius 3 is 2.96 bits per heavy atom. The third kappa shape index (κ3) is 3.33. The number of rotatable bonds is 5. The van der Waals surface area contributed by atoms with Crippen LogP contribution in [0.15, 0.2) is 47.6 Å². The van der Waals surface area contributed by atoms with Crippen LogP contribution in [0.5, 0.6) is 5.75 Å². The van der Waals surface area contributed by atoms with E-state index in [-0.39, 0.29) is 5.91 Å². The van der Waals surface area contributed by atoms with Crippen LogP contribution in [0.1, 0.15) is 6.92 Å². The van der Waals surface area contributed by atoms with E-state index in [1.165, 1.54) is 11.8 Å². The van der Waals surface area contributed by atoms with Crippen LogP contribution in [0, 0.1) is 0 Å². The minimum atomic E-state index is -0.402. The van der Waals surface area contributed by atoms with Gasteiger partial charge in [0.1, 0.15) is 5.75 Å². The van der Waals surface area contributed by atoms with Crippen molar-refractivity contribution in [2.45, 2.75) is 17.3 Å². The van der Waals surface area contributed by atoms with Gasteiger partial charge in [-0.05, 0) is 37.3 Å². The zero-order valence-corrected chi connectivity index (χ0v) is 16.1. The summed E-state index contributed by atoms with van der Waals surface area (Å²) in [6, 6.07) is 12.9. The number of aromatic amines is 1. The molecular formula is C18H16ClN5O2S. The molecule has 1 atom stereocenters. The minimum Gasteiger partial charge on any atom is -0.495 e. The summed E-state index contributed by atoms with van der Waals surface area (Å²) >= 11 is 7.36. The maximum Gasteiger partial charge on any atom is 0.237 e. The number of halogens is 1. The second-order valence-corrected chi connectivity index (χ2v) is 7.60. The summed E-state index contributed by atoms with van der Waals surface area (Å²) in [4.78, 5) is 17.2. The molecule has 4 aromatic rings. The number of benzene rings is 2. The molecule has 0 aliphatic carbocycles. The van der Waals surface area contributed by atoms with Crippen LogP contribution in [-0.4, -0.2) is 37.8 Å². The zero-order valence-electron chi connectivity index (χ0n) is 14.6. The van der Waals surface area contributed by atoms with Crippen molar-refractivity contribution in [3.8, 4) is 5.75 Å². The Hall–Kier alpha value is -2.71. The fraction of sp³-hybridized carbons (Fsp3) is 0.167. The first kappa shape index (κ1) is 17.7. The van der Waals surface area contributed by atoms with Crippen LogP contribution in [0.2, 0.25) is 5.02 Å². The number of amides is 1. The molecule has 4 rings (SSSR count). The monoisotopic (exact) mass is 401 g/mol. The number of aromatic nitrogens is 4. The first-order valence-corrected chi connectivity index (χ1v) is 9.45. The van der Waals surface area contributed by atoms with Crippen molar-refractivity contribution in [2.75, 3.05) is 12.4 Å². The number of hydrogen-bond donors (Lipinski definition) is 2. The van der Waals surface area contributed by atoms with Crippen molar-refractivity contribution in [2.24, 2.45) is 0 Å². The second kappa shape index (κ2) is 7.13. The predicted molar refractivity (Wildman–Crippen MR) is 107 cm³/mol. The number of hydrogen-bond acceptors (Lipinski definition) is 5. The van der Waals surface area contributed by atoms with Gasteiger partial charge in [0, 0.05) is 5.02 Å². The van der Waals surface area contributed by atoms with Crippen LogP contribution in [0.4, 0.5) is 5.69 Å². The molecule has 2 aromatic carbocycles. The minimum absolute atomic E-state index is 0.180. The van der Waals surface area contributed by atoms with Crippen molar-refractivity contribution >= 4 is 51.8 Å². The largest absolute Gasteiger partial charge is 0.495 e. The number of imidazole rings is 1. The molecule has 0 aliphatic rings. The number of fused-ring (bicyclic) bond motifs is 3. The number of nitrogens with one attached hydrogen (secondary N) is 2. The van der Waals surface area contributed by atoms with Gasteiger partial charge in [0.25, 0.3) is 0 Å². The van der Waals surface area contributed by atoms with Crippen molar-refractivity contribution in [1.82, 2.24) is 19.6 Å². The fourth-order valence-corrected chi connectivity index (χ4v) is 3.79. The van der Waals surface area contributed by atoms with Crippen LogP contribution in [-0.2, 0) is 4.79 Å². The molecule has 1 amide bonds. The molecule has 0 bridgehead atoms. The van der Waals surface area contributed by atoms with Gasteiger partial charge in [0.2, 0.25) is 11.7 Å². The van der Waals surface area contributed by atoms with Gasteiger partial charge >= 0.3 is 0 Å². The summed E-state index contributed by atoms with van der Waals surface area (Å²) in [6.07, 6.45) is 0. The van der Waals surface area contributed by atoms with Crippen LogP contribution >= 0.6 is 23.4 Å². The smallest absolute Gasteiger partial charge is 0.237 e. The average Bonchev–Trinajstić information content (AvgIpc) is 3.21. The third-order valence-electron chi connectivity index (χ3n) is 4.07. The Kier molecular flexibility index (Phi) is 4.67. The van der Waals surface area contributed by atoms with Gasteiger partial charge in [0.05, 0.1) is 29.1 Å². The summed E-state index contributed by atoms with van der Waals surface area (Å²) in [6.45, 7) is 1.82. The van der Waals surface area contributed by atoms with E-state index in [4.69, 9.17) is 16.3 Å². The molecule has 9 heteroatoms. The van der Waals surface area contributed by atoms with Crippen LogP contribution < -0.4 is 10.1 Å². The maximum absolute atomic E-state index is 12.7. The van der Waals surface area contributed by atoms with Gasteiger partial charge in [-0.2, -0.15) is 0 Å². The lowest BCUT2D eigenvalue weighted by Crippen LogP contribution is -2.23. The van der Waals surface area contributed by atoms with Crippen molar-refractivity contribution < 1.29 is 9.53 Å². The molecule has 0 aliphatic heterocycles. The van der Waals surface area contributed by atoms with Crippen LogP contribution in [0.3, 0.4) is 0 Å². The number of para-hydroxylation sites is 2. The molecule has 0 spiro atoms. The second-order valence-electron chi connectivity index (χ2n) is 5.86. The van der Waals surface area contributed by atoms with Gasteiger partial charge in [-0.25, -0.2) is 10.1 Å². The first-order chi connectivity index (χ1) is 13.1. The Bertz CT molecular complexity index is 1140. The molecule has 2 N–H and O–H groups in total. The van der Waals surface area contributed by atoms with Crippen molar-refractivity contribution in [3.05, 3.63) is 47.5 Å². The lowest BCUT2D eigenvalue weighted by molar-refractivity contribution is -0.115. The molecule has 0 unspecified atom stereocenters. The zero-order chi connectivity index (χ0) is 19.0. The summed E-state index contributed by atoms with van der Waals surface area (Å²) in [5.41, 5.74) is 2.34. The van der Waals surface area contributed by atoms with Gasteiger partial charge in [-0.3, -0.25) is 9.20 Å². The molecule has 138 valence electrons. The summed E-state index contributed by atoms with van der Waals surface area (Å²) in [5.74, 6) is 1.01. The van der Waals surface area contributed by atoms with E-state index >= 15 is 0 Å². The van der Waals surface area contributed by atoms with E-state index in [1.807, 2.05) is 35.6 Å². The maximum atomic E-state index is 12.7. The number of anilines is 1. The Labute approximate surface area is 164 Å². The summed E-state index contributed by atoms with van der Waals surface area (Å²) in [5, 5.41) is 10.8. The van der Waals surface area contributed by atoms with E-state index in [0.29, 0.717) is 27.4 Å². The van der Waals surface area contributed by atoms with E-state index < -0.39 is 5.25 Å². The van der Waals surface area contributed by atoms with Gasteiger partial charge in [0.15, 0.2) is 5.16 Å². The highest BCUT2D eigenvalue weighted by atomic mass is 35.5. The van der Waals surface area contributed by atoms with Crippen molar-refractivity contribution in [3.63, 3.8) is 0 Å². The number of H-pyrrole nitrogens is 1. The molecule has 2 aromatic heterocycles. The number of nitrogens with zero attached hydrogens (tertiary/aromatic N) is 3. The number of carbonyl (C=O) groups is 1. The number of thioether (sulfide) groups is 1. The Morgan fingerprint density at radius 1 is 1.33 bits per heavy atom. The third-order valence-corrected chi connectivity index (χ3v) is 5.36.